The zero-order valence-electron chi connectivity index (χ0n) is 12.6. The number of hydrogen-bond donors (Lipinski definition) is 1. The number of amides is 1. The molecule has 1 aliphatic heterocycles. The third kappa shape index (κ3) is 6.01. The summed E-state index contributed by atoms with van der Waals surface area (Å²) >= 11 is 5.81. The molecule has 7 heteroatoms. The van der Waals surface area contributed by atoms with Gasteiger partial charge in [-0.15, -0.1) is 12.4 Å². The van der Waals surface area contributed by atoms with Gasteiger partial charge < -0.3 is 19.7 Å². The Kier molecular flexibility index (Phi) is 8.56. The van der Waals surface area contributed by atoms with Crippen molar-refractivity contribution in [1.29, 1.82) is 0 Å². The lowest BCUT2D eigenvalue weighted by molar-refractivity contribution is -0.135. The normalized spacial score (nSPS) is 17.5. The Morgan fingerprint density at radius 3 is 2.82 bits per heavy atom. The molecule has 1 N–H and O–H groups in total. The SMILES string of the molecule is CN(CCCOc1ccc(Cl)cc1)C(=O)C1COCCN1.Cl. The second kappa shape index (κ2) is 9.90. The molecule has 1 aromatic rings. The zero-order chi connectivity index (χ0) is 15.1. The molecular formula is C15H22Cl2N2O3. The minimum absolute atomic E-state index is 0. The topological polar surface area (TPSA) is 50.8 Å². The monoisotopic (exact) mass is 348 g/mol. The summed E-state index contributed by atoms with van der Waals surface area (Å²) in [6.45, 7) is 3.06. The molecule has 0 bridgehead atoms. The van der Waals surface area contributed by atoms with Crippen molar-refractivity contribution in [2.45, 2.75) is 12.5 Å². The standard InChI is InChI=1S/C15H21ClN2O3.ClH/c1-18(15(19)14-11-20-10-7-17-14)8-2-9-21-13-5-3-12(16)4-6-13;/h3-6,14,17H,2,7-11H2,1H3;1H. The molecule has 1 aliphatic rings. The molecule has 0 spiro atoms. The Bertz CT molecular complexity index is 451. The lowest BCUT2D eigenvalue weighted by Crippen LogP contribution is -2.51. The van der Waals surface area contributed by atoms with Crippen LogP contribution in [-0.2, 0) is 9.53 Å². The number of morpholine rings is 1. The fourth-order valence-electron chi connectivity index (χ4n) is 2.12. The van der Waals surface area contributed by atoms with Gasteiger partial charge in [0.25, 0.3) is 0 Å². The van der Waals surface area contributed by atoms with Crippen LogP contribution in [-0.4, -0.2) is 56.8 Å². The molecule has 0 saturated carbocycles. The van der Waals surface area contributed by atoms with Gasteiger partial charge in [-0.1, -0.05) is 11.6 Å². The predicted molar refractivity (Wildman–Crippen MR) is 89.1 cm³/mol. The number of rotatable bonds is 6. The van der Waals surface area contributed by atoms with Gasteiger partial charge in [0.2, 0.25) is 5.91 Å². The minimum atomic E-state index is -0.221. The van der Waals surface area contributed by atoms with E-state index in [9.17, 15) is 4.79 Å². The summed E-state index contributed by atoms with van der Waals surface area (Å²) in [5.41, 5.74) is 0. The zero-order valence-corrected chi connectivity index (χ0v) is 14.2. The van der Waals surface area contributed by atoms with Gasteiger partial charge in [0.05, 0.1) is 19.8 Å². The van der Waals surface area contributed by atoms with E-state index in [0.29, 0.717) is 31.4 Å². The van der Waals surface area contributed by atoms with Gasteiger partial charge in [0.1, 0.15) is 11.8 Å². The molecule has 2 rings (SSSR count). The molecule has 5 nitrogen and oxygen atoms in total. The highest BCUT2D eigenvalue weighted by molar-refractivity contribution is 6.30. The van der Waals surface area contributed by atoms with Crippen LogP contribution in [0.5, 0.6) is 5.75 Å². The van der Waals surface area contributed by atoms with E-state index < -0.39 is 0 Å². The van der Waals surface area contributed by atoms with Gasteiger partial charge in [0, 0.05) is 25.2 Å². The van der Waals surface area contributed by atoms with Crippen molar-refractivity contribution < 1.29 is 14.3 Å². The van der Waals surface area contributed by atoms with Crippen molar-refractivity contribution in [2.24, 2.45) is 0 Å². The number of halogens is 2. The van der Waals surface area contributed by atoms with Gasteiger partial charge in [-0.25, -0.2) is 0 Å². The van der Waals surface area contributed by atoms with Crippen LogP contribution in [0.2, 0.25) is 5.02 Å². The van der Waals surface area contributed by atoms with E-state index >= 15 is 0 Å². The van der Waals surface area contributed by atoms with Gasteiger partial charge in [0.15, 0.2) is 0 Å². The van der Waals surface area contributed by atoms with Gasteiger partial charge in [-0.3, -0.25) is 4.79 Å². The molecule has 124 valence electrons. The lowest BCUT2D eigenvalue weighted by Gasteiger charge is -2.27. The molecule has 1 amide bonds. The Morgan fingerprint density at radius 1 is 1.45 bits per heavy atom. The van der Waals surface area contributed by atoms with E-state index in [4.69, 9.17) is 21.1 Å². The number of hydrogen-bond acceptors (Lipinski definition) is 4. The van der Waals surface area contributed by atoms with Gasteiger partial charge >= 0.3 is 0 Å². The Labute approximate surface area is 142 Å². The van der Waals surface area contributed by atoms with Crippen LogP contribution >= 0.6 is 24.0 Å². The molecule has 0 aliphatic carbocycles. The number of benzene rings is 1. The van der Waals surface area contributed by atoms with Crippen LogP contribution in [0, 0.1) is 0 Å². The predicted octanol–water partition coefficient (Wildman–Crippen LogP) is 1.98. The molecule has 1 saturated heterocycles. The first-order valence-corrected chi connectivity index (χ1v) is 7.49. The highest BCUT2D eigenvalue weighted by Crippen LogP contribution is 2.15. The highest BCUT2D eigenvalue weighted by atomic mass is 35.5. The van der Waals surface area contributed by atoms with Crippen LogP contribution in [0.1, 0.15) is 6.42 Å². The maximum absolute atomic E-state index is 12.1. The van der Waals surface area contributed by atoms with E-state index in [1.807, 2.05) is 12.1 Å². The Morgan fingerprint density at radius 2 is 2.18 bits per heavy atom. The van der Waals surface area contributed by atoms with Crippen molar-refractivity contribution in [2.75, 3.05) is 40.0 Å². The van der Waals surface area contributed by atoms with Crippen LogP contribution in [0.25, 0.3) is 0 Å². The maximum Gasteiger partial charge on any atom is 0.241 e. The quantitative estimate of drug-likeness (QED) is 0.798. The summed E-state index contributed by atoms with van der Waals surface area (Å²) in [7, 11) is 1.81. The van der Waals surface area contributed by atoms with Gasteiger partial charge in [-0.2, -0.15) is 0 Å². The second-order valence-electron chi connectivity index (χ2n) is 5.00. The number of carbonyl (C=O) groups is 1. The molecule has 0 aromatic heterocycles. The van der Waals surface area contributed by atoms with Crippen LogP contribution in [0.3, 0.4) is 0 Å². The molecule has 22 heavy (non-hydrogen) atoms. The first kappa shape index (κ1) is 19.0. The van der Waals surface area contributed by atoms with E-state index in [1.165, 1.54) is 0 Å². The fraction of sp³-hybridized carbons (Fsp3) is 0.533. The third-order valence-corrected chi connectivity index (χ3v) is 3.57. The average Bonchev–Trinajstić information content (AvgIpc) is 2.53. The first-order chi connectivity index (χ1) is 10.2. The van der Waals surface area contributed by atoms with Crippen molar-refractivity contribution in [1.82, 2.24) is 10.2 Å². The molecule has 1 unspecified atom stereocenters. The Hall–Kier alpha value is -1.01. The number of nitrogens with one attached hydrogen (secondary N) is 1. The summed E-state index contributed by atoms with van der Waals surface area (Å²) in [4.78, 5) is 13.8. The average molecular weight is 349 g/mol. The summed E-state index contributed by atoms with van der Waals surface area (Å²) in [6.07, 6.45) is 0.776. The van der Waals surface area contributed by atoms with E-state index in [-0.39, 0.29) is 24.4 Å². The molecule has 0 radical (unpaired) electrons. The van der Waals surface area contributed by atoms with Gasteiger partial charge in [-0.05, 0) is 30.7 Å². The number of likely N-dealkylation sites (N-methyl/N-ethyl adjacent to an activating group) is 1. The summed E-state index contributed by atoms with van der Waals surface area (Å²) in [6, 6.07) is 7.03. The molecule has 1 atom stereocenters. The van der Waals surface area contributed by atoms with Crippen LogP contribution in [0.4, 0.5) is 0 Å². The van der Waals surface area contributed by atoms with E-state index in [2.05, 4.69) is 5.32 Å². The third-order valence-electron chi connectivity index (χ3n) is 3.32. The Balaban J connectivity index is 0.00000242. The molecule has 1 fully saturated rings. The fourth-order valence-corrected chi connectivity index (χ4v) is 2.25. The summed E-state index contributed by atoms with van der Waals surface area (Å²) in [5.74, 6) is 0.858. The van der Waals surface area contributed by atoms with Crippen LogP contribution < -0.4 is 10.1 Å². The number of nitrogens with zero attached hydrogens (tertiary/aromatic N) is 1. The maximum atomic E-state index is 12.1. The van der Waals surface area contributed by atoms with E-state index in [0.717, 1.165) is 18.7 Å². The molecular weight excluding hydrogens is 327 g/mol. The second-order valence-corrected chi connectivity index (χ2v) is 5.43. The van der Waals surface area contributed by atoms with Crippen LogP contribution in [0.15, 0.2) is 24.3 Å². The minimum Gasteiger partial charge on any atom is -0.494 e. The molecule has 1 heterocycles. The van der Waals surface area contributed by atoms with Crippen molar-refractivity contribution in [3.8, 4) is 5.75 Å². The van der Waals surface area contributed by atoms with E-state index in [1.54, 1.807) is 24.1 Å². The summed E-state index contributed by atoms with van der Waals surface area (Å²) < 4.78 is 10.9. The number of carbonyl (C=O) groups excluding carboxylic acids is 1. The van der Waals surface area contributed by atoms with Crippen molar-refractivity contribution in [3.63, 3.8) is 0 Å². The smallest absolute Gasteiger partial charge is 0.241 e. The lowest BCUT2D eigenvalue weighted by atomic mass is 10.2. The number of ether oxygens (including phenoxy) is 2. The molecule has 1 aromatic carbocycles. The summed E-state index contributed by atoms with van der Waals surface area (Å²) in [5, 5.41) is 3.85. The highest BCUT2D eigenvalue weighted by Gasteiger charge is 2.23. The first-order valence-electron chi connectivity index (χ1n) is 7.11. The largest absolute Gasteiger partial charge is 0.494 e. The van der Waals surface area contributed by atoms with Crippen molar-refractivity contribution in [3.05, 3.63) is 29.3 Å². The van der Waals surface area contributed by atoms with Crippen molar-refractivity contribution >= 4 is 29.9 Å².